The molecule has 21 heavy (non-hydrogen) atoms. The van der Waals surface area contributed by atoms with Gasteiger partial charge >= 0.3 is 6.03 Å². The van der Waals surface area contributed by atoms with E-state index in [-0.39, 0.29) is 11.8 Å². The van der Waals surface area contributed by atoms with Crippen molar-refractivity contribution in [3.63, 3.8) is 0 Å². The molecule has 5 nitrogen and oxygen atoms in total. The van der Waals surface area contributed by atoms with E-state index in [0.29, 0.717) is 23.7 Å². The number of carbonyl (C=O) groups excluding carboxylic acids is 1. The number of nitrogens with zero attached hydrogens (tertiary/aromatic N) is 2. The summed E-state index contributed by atoms with van der Waals surface area (Å²) in [6.45, 7) is 2.35. The molecule has 6 heteroatoms. The predicted octanol–water partition coefficient (Wildman–Crippen LogP) is 2.85. The van der Waals surface area contributed by atoms with E-state index in [1.54, 1.807) is 6.07 Å². The van der Waals surface area contributed by atoms with Crippen LogP contribution in [0, 0.1) is 5.82 Å². The molecule has 1 fully saturated rings. The lowest BCUT2D eigenvalue weighted by Gasteiger charge is -2.05. The average molecular weight is 289 g/mol. The number of rotatable bonds is 3. The zero-order valence-electron chi connectivity index (χ0n) is 11.6. The molecule has 1 aromatic heterocycles. The molecule has 1 aromatic carbocycles. The van der Waals surface area contributed by atoms with E-state index in [9.17, 15) is 14.3 Å². The number of nitrogens with one attached hydrogen (secondary N) is 1. The van der Waals surface area contributed by atoms with Crippen molar-refractivity contribution >= 4 is 6.03 Å². The van der Waals surface area contributed by atoms with Gasteiger partial charge in [-0.3, -0.25) is 0 Å². The highest BCUT2D eigenvalue weighted by Crippen LogP contribution is 2.42. The third-order valence-corrected chi connectivity index (χ3v) is 3.49. The van der Waals surface area contributed by atoms with Crippen molar-refractivity contribution in [2.45, 2.75) is 25.7 Å². The second kappa shape index (κ2) is 5.20. The van der Waals surface area contributed by atoms with Crippen molar-refractivity contribution < 1.29 is 14.3 Å². The van der Waals surface area contributed by atoms with Crippen LogP contribution in [-0.2, 0) is 0 Å². The van der Waals surface area contributed by atoms with Crippen LogP contribution in [0.3, 0.4) is 0 Å². The van der Waals surface area contributed by atoms with E-state index in [4.69, 9.17) is 0 Å². The zero-order chi connectivity index (χ0) is 15.0. The molecule has 3 rings (SSSR count). The fourth-order valence-electron chi connectivity index (χ4n) is 2.31. The lowest BCUT2D eigenvalue weighted by Crippen LogP contribution is -2.30. The summed E-state index contributed by atoms with van der Waals surface area (Å²) in [5, 5.41) is 16.8. The Labute approximate surface area is 121 Å². The van der Waals surface area contributed by atoms with Crippen LogP contribution >= 0.6 is 0 Å². The van der Waals surface area contributed by atoms with Gasteiger partial charge in [0.25, 0.3) is 0 Å². The number of amides is 1. The van der Waals surface area contributed by atoms with Crippen LogP contribution in [0.5, 0.6) is 5.75 Å². The highest BCUT2D eigenvalue weighted by atomic mass is 19.1. The van der Waals surface area contributed by atoms with Gasteiger partial charge in [-0.25, -0.2) is 9.18 Å². The standard InChI is InChI=1S/C15H16FN3O2/c1-2-17-15(21)19-13(9-3-4-9)8-12(18-19)11-6-5-10(16)7-14(11)20/h5-9,20H,2-4H2,1H3,(H,17,21). The van der Waals surface area contributed by atoms with Crippen molar-refractivity contribution in [2.75, 3.05) is 6.54 Å². The van der Waals surface area contributed by atoms with Crippen LogP contribution in [0.4, 0.5) is 9.18 Å². The summed E-state index contributed by atoms with van der Waals surface area (Å²) < 4.78 is 14.4. The maximum absolute atomic E-state index is 13.1. The van der Waals surface area contributed by atoms with Crippen LogP contribution in [0.25, 0.3) is 11.3 Å². The first kappa shape index (κ1) is 13.6. The Morgan fingerprint density at radius 3 is 2.86 bits per heavy atom. The quantitative estimate of drug-likeness (QED) is 0.913. The molecule has 0 atom stereocenters. The van der Waals surface area contributed by atoms with Crippen molar-refractivity contribution in [1.82, 2.24) is 15.1 Å². The molecule has 1 aliphatic rings. The Balaban J connectivity index is 2.03. The first-order chi connectivity index (χ1) is 10.1. The van der Waals surface area contributed by atoms with E-state index < -0.39 is 5.82 Å². The molecule has 0 aliphatic heterocycles. The molecule has 1 aliphatic carbocycles. The normalized spacial score (nSPS) is 14.2. The van der Waals surface area contributed by atoms with E-state index in [1.165, 1.54) is 16.8 Å². The van der Waals surface area contributed by atoms with E-state index in [1.807, 2.05) is 6.92 Å². The minimum absolute atomic E-state index is 0.183. The molecule has 1 amide bonds. The Kier molecular flexibility index (Phi) is 3.37. The molecule has 0 unspecified atom stereocenters. The number of aromatic nitrogens is 2. The van der Waals surface area contributed by atoms with E-state index in [0.717, 1.165) is 24.6 Å². The molecule has 2 N–H and O–H groups in total. The van der Waals surface area contributed by atoms with Gasteiger partial charge in [0.1, 0.15) is 11.6 Å². The second-order valence-corrected chi connectivity index (χ2v) is 5.14. The first-order valence-electron chi connectivity index (χ1n) is 6.97. The second-order valence-electron chi connectivity index (χ2n) is 5.14. The van der Waals surface area contributed by atoms with Gasteiger partial charge in [0.05, 0.1) is 11.4 Å². The smallest absolute Gasteiger partial charge is 0.342 e. The minimum Gasteiger partial charge on any atom is -0.507 e. The van der Waals surface area contributed by atoms with E-state index in [2.05, 4.69) is 10.4 Å². The van der Waals surface area contributed by atoms with Gasteiger partial charge in [-0.1, -0.05) is 0 Å². The largest absolute Gasteiger partial charge is 0.507 e. The summed E-state index contributed by atoms with van der Waals surface area (Å²) in [4.78, 5) is 12.0. The number of aromatic hydroxyl groups is 1. The van der Waals surface area contributed by atoms with Gasteiger partial charge in [-0.05, 0) is 38.0 Å². The summed E-state index contributed by atoms with van der Waals surface area (Å²) >= 11 is 0. The summed E-state index contributed by atoms with van der Waals surface area (Å²) in [5.74, 6) is -0.365. The molecular formula is C15H16FN3O2. The number of hydrogen-bond donors (Lipinski definition) is 2. The van der Waals surface area contributed by atoms with Crippen LogP contribution < -0.4 is 5.32 Å². The molecular weight excluding hydrogens is 273 g/mol. The van der Waals surface area contributed by atoms with Gasteiger partial charge in [-0.2, -0.15) is 9.78 Å². The Bertz CT molecular complexity index is 692. The third-order valence-electron chi connectivity index (χ3n) is 3.49. The molecule has 1 heterocycles. The minimum atomic E-state index is -0.512. The molecule has 1 saturated carbocycles. The number of halogens is 1. The number of benzene rings is 1. The van der Waals surface area contributed by atoms with Crippen LogP contribution in [0.2, 0.25) is 0 Å². The molecule has 0 bridgehead atoms. The highest BCUT2D eigenvalue weighted by molar-refractivity contribution is 5.78. The molecule has 110 valence electrons. The number of phenols is 1. The maximum Gasteiger partial charge on any atom is 0.342 e. The van der Waals surface area contributed by atoms with Gasteiger partial charge in [0.15, 0.2) is 0 Å². The topological polar surface area (TPSA) is 67.2 Å². The molecule has 2 aromatic rings. The Morgan fingerprint density at radius 2 is 2.24 bits per heavy atom. The fraction of sp³-hybridized carbons (Fsp3) is 0.333. The van der Waals surface area contributed by atoms with Crippen molar-refractivity contribution in [2.24, 2.45) is 0 Å². The first-order valence-corrected chi connectivity index (χ1v) is 6.97. The zero-order valence-corrected chi connectivity index (χ0v) is 11.6. The Hall–Kier alpha value is -2.37. The lowest BCUT2D eigenvalue weighted by atomic mass is 10.1. The van der Waals surface area contributed by atoms with Gasteiger partial charge in [-0.15, -0.1) is 0 Å². The average Bonchev–Trinajstić information content (AvgIpc) is 3.19. The SMILES string of the molecule is CCNC(=O)n1nc(-c2ccc(F)cc2O)cc1C1CC1. The summed E-state index contributed by atoms with van der Waals surface area (Å²) in [6.07, 6.45) is 2.06. The maximum atomic E-state index is 13.1. The molecule has 0 radical (unpaired) electrons. The fourth-order valence-corrected chi connectivity index (χ4v) is 2.31. The highest BCUT2D eigenvalue weighted by Gasteiger charge is 2.30. The number of phenolic OH excluding ortho intramolecular Hbond substituents is 1. The lowest BCUT2D eigenvalue weighted by molar-refractivity contribution is 0.239. The van der Waals surface area contributed by atoms with Gasteiger partial charge < -0.3 is 10.4 Å². The van der Waals surface area contributed by atoms with Gasteiger partial charge in [0, 0.05) is 24.1 Å². The predicted molar refractivity (Wildman–Crippen MR) is 75.7 cm³/mol. The number of hydrogen-bond acceptors (Lipinski definition) is 3. The number of carbonyl (C=O) groups is 1. The van der Waals surface area contributed by atoms with Crippen molar-refractivity contribution in [3.8, 4) is 17.0 Å². The summed E-state index contributed by atoms with van der Waals surface area (Å²) in [5.41, 5.74) is 1.72. The Morgan fingerprint density at radius 1 is 1.48 bits per heavy atom. The van der Waals surface area contributed by atoms with Crippen molar-refractivity contribution in [1.29, 1.82) is 0 Å². The van der Waals surface area contributed by atoms with Crippen LogP contribution in [-0.4, -0.2) is 27.5 Å². The van der Waals surface area contributed by atoms with Crippen molar-refractivity contribution in [3.05, 3.63) is 35.8 Å². The van der Waals surface area contributed by atoms with E-state index >= 15 is 0 Å². The monoisotopic (exact) mass is 289 g/mol. The molecule has 0 spiro atoms. The van der Waals surface area contributed by atoms with Crippen LogP contribution in [0.15, 0.2) is 24.3 Å². The van der Waals surface area contributed by atoms with Crippen LogP contribution in [0.1, 0.15) is 31.4 Å². The van der Waals surface area contributed by atoms with Gasteiger partial charge in [0.2, 0.25) is 0 Å². The summed E-state index contributed by atoms with van der Waals surface area (Å²) in [7, 11) is 0. The third kappa shape index (κ3) is 2.61. The summed E-state index contributed by atoms with van der Waals surface area (Å²) in [6, 6.07) is 5.27. The molecule has 0 saturated heterocycles.